The lowest BCUT2D eigenvalue weighted by Gasteiger charge is -2.71. The molecule has 0 spiro atoms. The first-order chi connectivity index (χ1) is 16.2. The maximum absolute atomic E-state index is 12.8. The van der Waals surface area contributed by atoms with E-state index < -0.39 is 29.0 Å². The SMILES string of the molecule is C[C@H]1[C@H](C)CC[C@]2(C(=O)O)CCC3(C)C(=CCC4[C@@]5(C)C[C@@H](O)[C@H](O)[C@@](C)(CO)[C@@H]5CC[C@]43C)[C@H]12. The number of carboxylic acids is 1. The van der Waals surface area contributed by atoms with Crippen molar-refractivity contribution in [3.63, 3.8) is 0 Å². The van der Waals surface area contributed by atoms with Crippen LogP contribution in [0.2, 0.25) is 0 Å². The van der Waals surface area contributed by atoms with Gasteiger partial charge in [0.05, 0.1) is 24.2 Å². The van der Waals surface area contributed by atoms with Crippen LogP contribution in [0.5, 0.6) is 0 Å². The van der Waals surface area contributed by atoms with Gasteiger partial charge in [-0.05, 0) is 97.2 Å². The number of aliphatic hydroxyl groups excluding tert-OH is 3. The van der Waals surface area contributed by atoms with Gasteiger partial charge >= 0.3 is 5.97 Å². The van der Waals surface area contributed by atoms with Crippen molar-refractivity contribution in [1.82, 2.24) is 0 Å². The molecule has 0 aliphatic heterocycles. The van der Waals surface area contributed by atoms with E-state index in [1.165, 1.54) is 5.57 Å². The Hall–Kier alpha value is -0.910. The summed E-state index contributed by atoms with van der Waals surface area (Å²) in [5, 5.41) is 42.9. The molecule has 12 atom stereocenters. The van der Waals surface area contributed by atoms with Crippen molar-refractivity contribution in [2.24, 2.45) is 56.7 Å². The molecule has 5 aliphatic rings. The second-order valence-electron chi connectivity index (χ2n) is 14.5. The van der Waals surface area contributed by atoms with Gasteiger partial charge in [-0.2, -0.15) is 0 Å². The maximum atomic E-state index is 12.8. The number of allylic oxidation sites excluding steroid dienone is 2. The van der Waals surface area contributed by atoms with Gasteiger partial charge < -0.3 is 20.4 Å². The lowest BCUT2D eigenvalue weighted by Crippen LogP contribution is -2.68. The summed E-state index contributed by atoms with van der Waals surface area (Å²) in [6.07, 6.45) is 7.51. The number of rotatable bonds is 2. The number of aliphatic hydroxyl groups is 3. The molecule has 0 radical (unpaired) electrons. The fourth-order valence-electron chi connectivity index (χ4n) is 11.0. The van der Waals surface area contributed by atoms with Gasteiger partial charge in [0.25, 0.3) is 0 Å². The normalized spacial score (nSPS) is 57.7. The van der Waals surface area contributed by atoms with Gasteiger partial charge in [-0.1, -0.05) is 53.2 Å². The predicted octanol–water partition coefficient (Wildman–Crippen LogP) is 5.03. The van der Waals surface area contributed by atoms with Crippen LogP contribution < -0.4 is 0 Å². The topological polar surface area (TPSA) is 98.0 Å². The van der Waals surface area contributed by atoms with E-state index in [4.69, 9.17) is 0 Å². The van der Waals surface area contributed by atoms with E-state index in [0.717, 1.165) is 44.9 Å². The third-order valence-corrected chi connectivity index (χ3v) is 13.5. The first-order valence-electron chi connectivity index (χ1n) is 14.1. The molecule has 198 valence electrons. The Bertz CT molecular complexity index is 930. The number of carboxylic acid groups (broad SMARTS) is 1. The molecule has 0 aromatic rings. The Balaban J connectivity index is 1.62. The zero-order valence-corrected chi connectivity index (χ0v) is 22.7. The highest BCUT2D eigenvalue weighted by Crippen LogP contribution is 2.75. The van der Waals surface area contributed by atoms with Gasteiger partial charge in [-0.25, -0.2) is 0 Å². The second kappa shape index (κ2) is 7.80. The van der Waals surface area contributed by atoms with E-state index in [2.05, 4.69) is 40.7 Å². The average Bonchev–Trinajstić information content (AvgIpc) is 2.80. The summed E-state index contributed by atoms with van der Waals surface area (Å²) >= 11 is 0. The molecule has 4 saturated carbocycles. The third-order valence-electron chi connectivity index (χ3n) is 13.5. The zero-order valence-electron chi connectivity index (χ0n) is 22.7. The molecule has 5 aliphatic carbocycles. The van der Waals surface area contributed by atoms with E-state index in [-0.39, 0.29) is 34.7 Å². The summed E-state index contributed by atoms with van der Waals surface area (Å²) in [5.74, 6) is 0.828. The molecule has 5 nitrogen and oxygen atoms in total. The van der Waals surface area contributed by atoms with Crippen LogP contribution in [-0.2, 0) is 4.79 Å². The Kier molecular flexibility index (Phi) is 5.73. The van der Waals surface area contributed by atoms with Crippen LogP contribution in [0.3, 0.4) is 0 Å². The van der Waals surface area contributed by atoms with Crippen molar-refractivity contribution in [2.75, 3.05) is 6.61 Å². The molecule has 5 heteroatoms. The third kappa shape index (κ3) is 2.95. The molecule has 0 aromatic carbocycles. The summed E-state index contributed by atoms with van der Waals surface area (Å²) < 4.78 is 0. The van der Waals surface area contributed by atoms with Crippen LogP contribution in [0.4, 0.5) is 0 Å². The van der Waals surface area contributed by atoms with Crippen molar-refractivity contribution in [2.45, 2.75) is 105 Å². The van der Waals surface area contributed by atoms with Gasteiger partial charge in [0.1, 0.15) is 0 Å². The molecular formula is C30H48O5. The van der Waals surface area contributed by atoms with Crippen molar-refractivity contribution in [3.8, 4) is 0 Å². The van der Waals surface area contributed by atoms with Crippen LogP contribution in [0.15, 0.2) is 11.6 Å². The van der Waals surface area contributed by atoms with Gasteiger partial charge in [0, 0.05) is 5.41 Å². The summed E-state index contributed by atoms with van der Waals surface area (Å²) in [6, 6.07) is 0. The summed E-state index contributed by atoms with van der Waals surface area (Å²) in [4.78, 5) is 12.8. The van der Waals surface area contributed by atoms with E-state index in [0.29, 0.717) is 24.2 Å². The van der Waals surface area contributed by atoms with Gasteiger partial charge in [0.2, 0.25) is 0 Å². The lowest BCUT2D eigenvalue weighted by atomic mass is 9.33. The molecule has 0 bridgehead atoms. The molecular weight excluding hydrogens is 440 g/mol. The highest BCUT2D eigenvalue weighted by Gasteiger charge is 2.70. The molecule has 4 N–H and O–H groups in total. The number of carbonyl (C=O) groups is 1. The minimum absolute atomic E-state index is 0.00815. The smallest absolute Gasteiger partial charge is 0.310 e. The highest BCUT2D eigenvalue weighted by atomic mass is 16.4. The average molecular weight is 489 g/mol. The van der Waals surface area contributed by atoms with E-state index in [1.807, 2.05) is 6.92 Å². The summed E-state index contributed by atoms with van der Waals surface area (Å²) in [7, 11) is 0. The maximum Gasteiger partial charge on any atom is 0.310 e. The minimum atomic E-state index is -0.907. The zero-order chi connectivity index (χ0) is 25.8. The first kappa shape index (κ1) is 25.7. The molecule has 0 heterocycles. The van der Waals surface area contributed by atoms with Crippen molar-refractivity contribution < 1.29 is 25.2 Å². The van der Waals surface area contributed by atoms with Gasteiger partial charge in [-0.3, -0.25) is 4.79 Å². The van der Waals surface area contributed by atoms with Crippen LogP contribution in [-0.4, -0.2) is 45.2 Å². The number of hydrogen-bond acceptors (Lipinski definition) is 4. The Morgan fingerprint density at radius 1 is 1.00 bits per heavy atom. The van der Waals surface area contributed by atoms with Crippen LogP contribution in [0.25, 0.3) is 0 Å². The highest BCUT2D eigenvalue weighted by molar-refractivity contribution is 5.76. The largest absolute Gasteiger partial charge is 0.481 e. The summed E-state index contributed by atoms with van der Waals surface area (Å²) in [5.41, 5.74) is -0.214. The predicted molar refractivity (Wildman–Crippen MR) is 135 cm³/mol. The first-order valence-corrected chi connectivity index (χ1v) is 14.1. The van der Waals surface area contributed by atoms with Gasteiger partial charge in [0.15, 0.2) is 0 Å². The number of fused-ring (bicyclic) bond motifs is 7. The standard InChI is InChI=1S/C30H48O5/c1-17-9-12-30(25(34)35)14-13-28(5)19(23(30)18(17)2)7-8-22-26(3)15-20(32)24(33)27(4,16-31)21(26)10-11-29(22,28)6/h7,17-18,20-24,31-33H,8-16H2,1-6H3,(H,34,35)/t17-,18+,20-,21-,22?,23+,24+,26+,27+,28?,29-,30+/m1/s1. The molecule has 2 unspecified atom stereocenters. The monoisotopic (exact) mass is 488 g/mol. The number of hydrogen-bond donors (Lipinski definition) is 4. The molecule has 0 amide bonds. The summed E-state index contributed by atoms with van der Waals surface area (Å²) in [6.45, 7) is 13.6. The van der Waals surface area contributed by atoms with E-state index in [1.54, 1.807) is 0 Å². The number of aliphatic carboxylic acids is 1. The van der Waals surface area contributed by atoms with Crippen LogP contribution in [0, 0.1) is 56.7 Å². The van der Waals surface area contributed by atoms with Crippen molar-refractivity contribution in [1.29, 1.82) is 0 Å². The lowest BCUT2D eigenvalue weighted by molar-refractivity contribution is -0.244. The molecule has 35 heavy (non-hydrogen) atoms. The van der Waals surface area contributed by atoms with E-state index >= 15 is 0 Å². The van der Waals surface area contributed by atoms with Crippen LogP contribution >= 0.6 is 0 Å². The van der Waals surface area contributed by atoms with Crippen molar-refractivity contribution in [3.05, 3.63) is 11.6 Å². The van der Waals surface area contributed by atoms with Gasteiger partial charge in [-0.15, -0.1) is 0 Å². The van der Waals surface area contributed by atoms with Crippen molar-refractivity contribution >= 4 is 5.97 Å². The quantitative estimate of drug-likeness (QED) is 0.409. The fourth-order valence-corrected chi connectivity index (χ4v) is 11.0. The van der Waals surface area contributed by atoms with Crippen LogP contribution in [0.1, 0.15) is 92.9 Å². The molecule has 0 aromatic heterocycles. The Morgan fingerprint density at radius 3 is 2.31 bits per heavy atom. The molecule has 4 fully saturated rings. The second-order valence-corrected chi connectivity index (χ2v) is 14.5. The minimum Gasteiger partial charge on any atom is -0.481 e. The molecule has 5 rings (SSSR count). The molecule has 0 saturated heterocycles. The Morgan fingerprint density at radius 2 is 1.69 bits per heavy atom. The Labute approximate surface area is 211 Å². The van der Waals surface area contributed by atoms with E-state index in [9.17, 15) is 25.2 Å². The fraction of sp³-hybridized carbons (Fsp3) is 0.900.